The Bertz CT molecular complexity index is 1700. The van der Waals surface area contributed by atoms with Gasteiger partial charge >= 0.3 is 17.9 Å². The van der Waals surface area contributed by atoms with E-state index < -0.39 is 208 Å². The van der Waals surface area contributed by atoms with Crippen molar-refractivity contribution in [2.45, 2.75) is 190 Å². The molecule has 0 spiro atoms. The number of ether oxygens (including phenoxy) is 6. The van der Waals surface area contributed by atoms with Crippen molar-refractivity contribution in [2.75, 3.05) is 39.6 Å². The number of aliphatic carboxylic acids is 3. The third-order valence-corrected chi connectivity index (χ3v) is 13.7. The van der Waals surface area contributed by atoms with Gasteiger partial charge in [-0.3, -0.25) is 0 Å². The smallest absolute Gasteiger partial charge is 0.364 e. The molecule has 3 fully saturated rings. The Kier molecular flexibility index (Phi) is 22.7. The molecule has 20 unspecified atom stereocenters. The van der Waals surface area contributed by atoms with Crippen molar-refractivity contribution in [3.8, 4) is 0 Å². The van der Waals surface area contributed by atoms with Gasteiger partial charge in [0, 0.05) is 32.0 Å². The van der Waals surface area contributed by atoms with Crippen LogP contribution in [-0.4, -0.2) is 238 Å². The van der Waals surface area contributed by atoms with E-state index in [1.165, 1.54) is 13.8 Å². The van der Waals surface area contributed by atoms with Crippen LogP contribution in [0.5, 0.6) is 0 Å². The molecule has 16 N–H and O–H groups in total. The Morgan fingerprint density at radius 2 is 1.08 bits per heavy atom. The van der Waals surface area contributed by atoms with Gasteiger partial charge in [0.05, 0.1) is 88.3 Å². The number of carboxylic acids is 3. The molecule has 27 heteroatoms. The number of hydrogen-bond donors (Lipinski definition) is 16. The maximum absolute atomic E-state index is 13.8. The van der Waals surface area contributed by atoms with E-state index in [0.717, 1.165) is 0 Å². The maximum Gasteiger partial charge on any atom is 0.364 e. The molecule has 3 aliphatic rings. The van der Waals surface area contributed by atoms with Crippen molar-refractivity contribution in [3.63, 3.8) is 0 Å². The van der Waals surface area contributed by atoms with Crippen LogP contribution in [0, 0.1) is 29.1 Å². The molecule has 3 saturated heterocycles. The predicted octanol–water partition coefficient (Wildman–Crippen LogP) is -4.24. The molecule has 0 aromatic carbocycles. The number of hydrogen-bond acceptors (Lipinski definition) is 24. The van der Waals surface area contributed by atoms with Gasteiger partial charge in [-0.25, -0.2) is 14.4 Å². The highest BCUT2D eigenvalue weighted by atomic mass is 16.8. The van der Waals surface area contributed by atoms with Crippen molar-refractivity contribution in [1.29, 1.82) is 0 Å². The number of hydroxylamine groups is 2. The average Bonchev–Trinajstić information content (AvgIpc) is 3.32. The van der Waals surface area contributed by atoms with Crippen LogP contribution >= 0.6 is 0 Å². The van der Waals surface area contributed by atoms with Gasteiger partial charge in [0.1, 0.15) is 42.7 Å². The number of carboxylic acid groups (broad SMARTS) is 3. The number of aliphatic hydroxyl groups excluding tert-OH is 11. The molecule has 0 aromatic heterocycles. The van der Waals surface area contributed by atoms with Crippen molar-refractivity contribution < 1.29 is 125 Å². The molecule has 71 heavy (non-hydrogen) atoms. The van der Waals surface area contributed by atoms with Crippen molar-refractivity contribution in [3.05, 3.63) is 0 Å². The monoisotopic (exact) mass is 1040 g/mol. The van der Waals surface area contributed by atoms with Gasteiger partial charge in [0.2, 0.25) is 0 Å². The van der Waals surface area contributed by atoms with Crippen LogP contribution in [0.15, 0.2) is 0 Å². The van der Waals surface area contributed by atoms with Gasteiger partial charge < -0.3 is 110 Å². The quantitative estimate of drug-likeness (QED) is 0.0316. The van der Waals surface area contributed by atoms with Crippen molar-refractivity contribution in [1.82, 2.24) is 11.0 Å². The first-order chi connectivity index (χ1) is 33.5. The lowest BCUT2D eigenvalue weighted by Crippen LogP contribution is -2.69. The minimum Gasteiger partial charge on any atom is -0.477 e. The van der Waals surface area contributed by atoms with Crippen molar-refractivity contribution >= 4 is 17.9 Å². The Morgan fingerprint density at radius 3 is 1.49 bits per heavy atom. The zero-order valence-corrected chi connectivity index (χ0v) is 41.3. The fraction of sp³-hybridized carbons (Fsp3) is 0.932. The first-order valence-electron chi connectivity index (χ1n) is 24.3. The Labute approximate surface area is 412 Å². The number of aliphatic hydroxyl groups is 11. The van der Waals surface area contributed by atoms with Gasteiger partial charge in [-0.05, 0) is 38.5 Å². The standard InChI is InChI=1S/C44H80N2O25/c1-10-66-45-30-24(51)13-43(39(60)61,70-36(30)33(56)26(53)15-47)65-18-41(9,29(19(3)4)20(5)6)28(17-64-42(38(58)59)12-23(50)21(7)35(69-42)32(55)22(8)49)68-44(40(62)63)14-25(52)31(46-67-11-2)37(71-44)34(57)27(54)16-48/h19-37,45-57H,10-18H2,1-9H3,(H,58,59)(H,60,61)(H,62,63)/i8D. The average molecular weight is 1040 g/mol. The lowest BCUT2D eigenvalue weighted by atomic mass is 9.63. The molecule has 0 bridgehead atoms. The minimum atomic E-state index is -3.15. The Morgan fingerprint density at radius 1 is 0.676 bits per heavy atom. The summed E-state index contributed by atoms with van der Waals surface area (Å²) >= 11 is 0. The Hall–Kier alpha value is -2.43. The lowest BCUT2D eigenvalue weighted by Gasteiger charge is -2.53. The second-order valence-electron chi connectivity index (χ2n) is 19.5. The molecule has 27 nitrogen and oxygen atoms in total. The summed E-state index contributed by atoms with van der Waals surface area (Å²) in [7, 11) is 0. The highest BCUT2D eigenvalue weighted by Gasteiger charge is 2.62. The highest BCUT2D eigenvalue weighted by Crippen LogP contribution is 2.48. The summed E-state index contributed by atoms with van der Waals surface area (Å²) in [4.78, 5) is 51.1. The first kappa shape index (κ1) is 61.1. The summed E-state index contributed by atoms with van der Waals surface area (Å²) < 4.78 is 44.4. The van der Waals surface area contributed by atoms with Gasteiger partial charge in [0.25, 0.3) is 17.4 Å². The van der Waals surface area contributed by atoms with Crippen LogP contribution in [0.25, 0.3) is 0 Å². The Balaban J connectivity index is 2.40. The minimum absolute atomic E-state index is 0.00663. The zero-order chi connectivity index (χ0) is 54.8. The van der Waals surface area contributed by atoms with E-state index in [1.807, 2.05) is 0 Å². The van der Waals surface area contributed by atoms with E-state index in [1.54, 1.807) is 41.5 Å². The summed E-state index contributed by atoms with van der Waals surface area (Å²) in [5.41, 5.74) is 2.95. The van der Waals surface area contributed by atoms with E-state index in [2.05, 4.69) is 11.0 Å². The summed E-state index contributed by atoms with van der Waals surface area (Å²) in [5, 5.41) is 152. The normalized spacial score (nSPS) is 35.8. The number of nitrogens with one attached hydrogen (secondary N) is 2. The molecule has 416 valence electrons. The molecular weight excluding hydrogens is 956 g/mol. The molecule has 0 amide bonds. The lowest BCUT2D eigenvalue weighted by molar-refractivity contribution is -0.365. The van der Waals surface area contributed by atoms with Gasteiger partial charge in [-0.15, -0.1) is 0 Å². The first-order valence-corrected chi connectivity index (χ1v) is 23.6. The summed E-state index contributed by atoms with van der Waals surface area (Å²) in [6.07, 6.45) is -27.8. The van der Waals surface area contributed by atoms with E-state index in [4.69, 9.17) is 39.5 Å². The molecule has 3 aliphatic heterocycles. The molecular formula is C44H80N2O25. The third kappa shape index (κ3) is 14.1. The SMILES string of the molecule is [2H]CC(O)C(O)C1OC(OCC(OC2(C(=O)O)CC(O)C(NOCC)C(C(O)C(O)CO)O2)C(C)(COC2(C(=O)O)CC(O)C(NOCC)C(C(O)C(O)CO)O2)C(C(C)C)C(C)C)(C(=O)O)CC(O)C1C. The topological polar surface area (TPSA) is 432 Å². The van der Waals surface area contributed by atoms with Crippen LogP contribution in [0.1, 0.15) is 82.9 Å². The second kappa shape index (κ2) is 26.4. The second-order valence-corrected chi connectivity index (χ2v) is 19.5. The molecule has 3 rings (SSSR count). The molecule has 3 heterocycles. The molecule has 0 aliphatic carbocycles. The van der Waals surface area contributed by atoms with Gasteiger partial charge in [0.15, 0.2) is 0 Å². The fourth-order valence-electron chi connectivity index (χ4n) is 10.1. The fourth-order valence-corrected chi connectivity index (χ4v) is 10.1. The summed E-state index contributed by atoms with van der Waals surface area (Å²) in [5.74, 6) is -17.9. The molecule has 0 saturated carbocycles. The molecule has 0 radical (unpaired) electrons. The van der Waals surface area contributed by atoms with Crippen LogP contribution in [0.4, 0.5) is 0 Å². The van der Waals surface area contributed by atoms with E-state index >= 15 is 0 Å². The van der Waals surface area contributed by atoms with Gasteiger partial charge in [-0.1, -0.05) is 41.5 Å². The third-order valence-electron chi connectivity index (χ3n) is 13.7. The van der Waals surface area contributed by atoms with Crippen LogP contribution in [-0.2, 0) is 52.5 Å². The van der Waals surface area contributed by atoms with Gasteiger partial charge in [-0.2, -0.15) is 11.0 Å². The maximum atomic E-state index is 13.8. The van der Waals surface area contributed by atoms with E-state index in [-0.39, 0.29) is 13.2 Å². The van der Waals surface area contributed by atoms with Crippen LogP contribution in [0.2, 0.25) is 0 Å². The van der Waals surface area contributed by atoms with Crippen molar-refractivity contribution in [2.24, 2.45) is 29.1 Å². The highest BCUT2D eigenvalue weighted by molar-refractivity contribution is 5.77. The van der Waals surface area contributed by atoms with Crippen LogP contribution in [0.3, 0.4) is 0 Å². The molecule has 0 aromatic rings. The predicted molar refractivity (Wildman–Crippen MR) is 238 cm³/mol. The van der Waals surface area contributed by atoms with E-state index in [9.17, 15) is 85.9 Å². The largest absolute Gasteiger partial charge is 0.477 e. The summed E-state index contributed by atoms with van der Waals surface area (Å²) in [6.45, 7) is 7.70. The number of rotatable bonds is 29. The summed E-state index contributed by atoms with van der Waals surface area (Å²) in [6, 6.07) is -2.99. The van der Waals surface area contributed by atoms with E-state index in [0.29, 0.717) is 0 Å². The zero-order valence-electron chi connectivity index (χ0n) is 42.3. The molecule has 20 atom stereocenters. The van der Waals surface area contributed by atoms with Crippen LogP contribution < -0.4 is 11.0 Å². The number of carbonyl (C=O) groups is 3.